The third-order valence-corrected chi connectivity index (χ3v) is 5.30. The first-order valence-electron chi connectivity index (χ1n) is 9.06. The van der Waals surface area contributed by atoms with E-state index >= 15 is 0 Å². The van der Waals surface area contributed by atoms with Crippen molar-refractivity contribution in [3.63, 3.8) is 0 Å². The zero-order chi connectivity index (χ0) is 19.7. The molecular weight excluding hydrogens is 361 g/mol. The summed E-state index contributed by atoms with van der Waals surface area (Å²) in [5.74, 6) is -0.879. The van der Waals surface area contributed by atoms with Crippen LogP contribution in [0.15, 0.2) is 12.4 Å². The smallest absolute Gasteiger partial charge is 0.342 e. The Kier molecular flexibility index (Phi) is 5.39. The Bertz CT molecular complexity index is 708. The topological polar surface area (TPSA) is 66.4 Å². The van der Waals surface area contributed by atoms with Gasteiger partial charge in [0.2, 0.25) is 11.8 Å². The van der Waals surface area contributed by atoms with Crippen molar-refractivity contribution >= 4 is 11.8 Å². The van der Waals surface area contributed by atoms with Gasteiger partial charge in [0, 0.05) is 37.7 Å². The van der Waals surface area contributed by atoms with E-state index in [4.69, 9.17) is 0 Å². The fraction of sp³-hybridized carbons (Fsp3) is 0.667. The third-order valence-electron chi connectivity index (χ3n) is 5.30. The van der Waals surface area contributed by atoms with Gasteiger partial charge < -0.3 is 9.80 Å². The summed E-state index contributed by atoms with van der Waals surface area (Å²) in [6.07, 6.45) is -0.285. The average Bonchev–Trinajstić information content (AvgIpc) is 2.59. The number of hydrogen-bond donors (Lipinski definition) is 0. The van der Waals surface area contributed by atoms with E-state index in [-0.39, 0.29) is 17.9 Å². The molecule has 27 heavy (non-hydrogen) atoms. The third kappa shape index (κ3) is 4.95. The van der Waals surface area contributed by atoms with Crippen LogP contribution in [0, 0.1) is 12.3 Å². The van der Waals surface area contributed by atoms with Crippen molar-refractivity contribution in [2.75, 3.05) is 19.6 Å². The molecule has 148 valence electrons. The standard InChI is InChI=1S/C18H23F3N4O2/c1-13-8-23-14(9-22-13)10-25-12-17(5-3-15(25)26)4-2-6-24(11-17)16(27)7-18(19,20)21/h8-9H,2-7,10-12H2,1H3/t17-/m1/s1. The van der Waals surface area contributed by atoms with Gasteiger partial charge in [-0.3, -0.25) is 19.6 Å². The van der Waals surface area contributed by atoms with Crippen molar-refractivity contribution in [3.05, 3.63) is 23.8 Å². The zero-order valence-electron chi connectivity index (χ0n) is 15.3. The molecule has 3 heterocycles. The van der Waals surface area contributed by atoms with Crippen LogP contribution < -0.4 is 0 Å². The molecule has 0 saturated carbocycles. The van der Waals surface area contributed by atoms with E-state index in [1.807, 2.05) is 6.92 Å². The molecule has 0 unspecified atom stereocenters. The molecule has 2 aliphatic rings. The predicted octanol–water partition coefficient (Wildman–Crippen LogP) is 2.47. The zero-order valence-corrected chi connectivity index (χ0v) is 15.3. The molecule has 1 aromatic rings. The summed E-state index contributed by atoms with van der Waals surface area (Å²) >= 11 is 0. The van der Waals surface area contributed by atoms with Gasteiger partial charge >= 0.3 is 6.18 Å². The summed E-state index contributed by atoms with van der Waals surface area (Å²) < 4.78 is 37.7. The first-order valence-corrected chi connectivity index (χ1v) is 9.06. The molecule has 6 nitrogen and oxygen atoms in total. The van der Waals surface area contributed by atoms with Gasteiger partial charge in [0.25, 0.3) is 0 Å². The molecular formula is C18H23F3N4O2. The Hall–Kier alpha value is -2.19. The lowest BCUT2D eigenvalue weighted by molar-refractivity contribution is -0.164. The van der Waals surface area contributed by atoms with Crippen LogP contribution in [0.1, 0.15) is 43.5 Å². The Morgan fingerprint density at radius 1 is 1.22 bits per heavy atom. The first-order chi connectivity index (χ1) is 12.7. The quantitative estimate of drug-likeness (QED) is 0.803. The maximum atomic E-state index is 12.6. The predicted molar refractivity (Wildman–Crippen MR) is 90.3 cm³/mol. The molecule has 2 saturated heterocycles. The van der Waals surface area contributed by atoms with E-state index in [0.717, 1.165) is 12.1 Å². The highest BCUT2D eigenvalue weighted by atomic mass is 19.4. The van der Waals surface area contributed by atoms with Gasteiger partial charge in [-0.1, -0.05) is 0 Å². The lowest BCUT2D eigenvalue weighted by Crippen LogP contribution is -2.55. The molecule has 0 radical (unpaired) electrons. The van der Waals surface area contributed by atoms with Crippen LogP contribution in [0.25, 0.3) is 0 Å². The van der Waals surface area contributed by atoms with Crippen molar-refractivity contribution in [2.45, 2.75) is 51.7 Å². The summed E-state index contributed by atoms with van der Waals surface area (Å²) in [6.45, 7) is 3.19. The van der Waals surface area contributed by atoms with Gasteiger partial charge in [0.05, 0.1) is 24.1 Å². The van der Waals surface area contributed by atoms with Crippen molar-refractivity contribution in [1.82, 2.24) is 19.8 Å². The molecule has 0 bridgehead atoms. The van der Waals surface area contributed by atoms with Crippen LogP contribution in [0.3, 0.4) is 0 Å². The highest BCUT2D eigenvalue weighted by molar-refractivity contribution is 5.78. The Balaban J connectivity index is 1.68. The largest absolute Gasteiger partial charge is 0.397 e. The van der Waals surface area contributed by atoms with Crippen molar-refractivity contribution in [1.29, 1.82) is 0 Å². The van der Waals surface area contributed by atoms with E-state index in [1.165, 1.54) is 4.90 Å². The Labute approximate surface area is 155 Å². The molecule has 0 aromatic carbocycles. The van der Waals surface area contributed by atoms with Crippen molar-refractivity contribution < 1.29 is 22.8 Å². The maximum absolute atomic E-state index is 12.6. The lowest BCUT2D eigenvalue weighted by atomic mass is 9.73. The molecule has 3 rings (SSSR count). The van der Waals surface area contributed by atoms with Crippen molar-refractivity contribution in [3.8, 4) is 0 Å². The highest BCUT2D eigenvalue weighted by Crippen LogP contribution is 2.39. The second-order valence-electron chi connectivity index (χ2n) is 7.61. The number of amides is 2. The number of aromatic nitrogens is 2. The number of rotatable bonds is 3. The van der Waals surface area contributed by atoms with E-state index in [0.29, 0.717) is 44.6 Å². The minimum absolute atomic E-state index is 0.00161. The molecule has 0 N–H and O–H groups in total. The summed E-state index contributed by atoms with van der Waals surface area (Å²) in [7, 11) is 0. The average molecular weight is 384 g/mol. The minimum Gasteiger partial charge on any atom is -0.342 e. The van der Waals surface area contributed by atoms with Crippen molar-refractivity contribution in [2.24, 2.45) is 5.41 Å². The lowest BCUT2D eigenvalue weighted by Gasteiger charge is -2.48. The maximum Gasteiger partial charge on any atom is 0.397 e. The van der Waals surface area contributed by atoms with Gasteiger partial charge in [-0.05, 0) is 26.2 Å². The number of aryl methyl sites for hydroxylation is 1. The van der Waals surface area contributed by atoms with Crippen LogP contribution in [-0.2, 0) is 16.1 Å². The van der Waals surface area contributed by atoms with Gasteiger partial charge in [-0.2, -0.15) is 13.2 Å². The SMILES string of the molecule is Cc1cnc(CN2C[C@]3(CCCN(C(=O)CC(F)(F)F)C3)CCC2=O)cn1. The van der Waals surface area contributed by atoms with Crippen LogP contribution in [0.2, 0.25) is 0 Å². The molecule has 0 aliphatic carbocycles. The second-order valence-corrected chi connectivity index (χ2v) is 7.61. The number of piperidine rings is 2. The minimum atomic E-state index is -4.50. The highest BCUT2D eigenvalue weighted by Gasteiger charge is 2.44. The summed E-state index contributed by atoms with van der Waals surface area (Å²) in [4.78, 5) is 35.8. The van der Waals surface area contributed by atoms with Crippen LogP contribution >= 0.6 is 0 Å². The number of likely N-dealkylation sites (tertiary alicyclic amines) is 2. The number of alkyl halides is 3. The molecule has 1 spiro atoms. The number of nitrogens with zero attached hydrogens (tertiary/aromatic N) is 4. The van der Waals surface area contributed by atoms with Gasteiger partial charge in [-0.15, -0.1) is 0 Å². The van der Waals surface area contributed by atoms with Gasteiger partial charge in [0.15, 0.2) is 0 Å². The Morgan fingerprint density at radius 2 is 2.00 bits per heavy atom. The fourth-order valence-electron chi connectivity index (χ4n) is 3.98. The monoisotopic (exact) mass is 384 g/mol. The van der Waals surface area contributed by atoms with Crippen LogP contribution in [0.5, 0.6) is 0 Å². The fourth-order valence-corrected chi connectivity index (χ4v) is 3.98. The summed E-state index contributed by atoms with van der Waals surface area (Å²) in [5.41, 5.74) is 1.11. The number of carbonyl (C=O) groups is 2. The van der Waals surface area contributed by atoms with Gasteiger partial charge in [-0.25, -0.2) is 0 Å². The first kappa shape index (κ1) is 19.6. The Morgan fingerprint density at radius 3 is 2.67 bits per heavy atom. The van der Waals surface area contributed by atoms with E-state index in [1.54, 1.807) is 17.3 Å². The molecule has 9 heteroatoms. The number of hydrogen-bond acceptors (Lipinski definition) is 4. The molecule has 1 aromatic heterocycles. The molecule has 2 fully saturated rings. The van der Waals surface area contributed by atoms with Crippen LogP contribution in [0.4, 0.5) is 13.2 Å². The van der Waals surface area contributed by atoms with E-state index < -0.39 is 18.5 Å². The molecule has 2 aliphatic heterocycles. The second kappa shape index (κ2) is 7.44. The summed E-state index contributed by atoms with van der Waals surface area (Å²) in [5, 5.41) is 0. The molecule has 1 atom stereocenters. The number of carbonyl (C=O) groups excluding carboxylic acids is 2. The molecule has 2 amide bonds. The van der Waals surface area contributed by atoms with E-state index in [2.05, 4.69) is 9.97 Å². The van der Waals surface area contributed by atoms with E-state index in [9.17, 15) is 22.8 Å². The summed E-state index contributed by atoms with van der Waals surface area (Å²) in [6, 6.07) is 0. The number of halogens is 3. The van der Waals surface area contributed by atoms with Crippen LogP contribution in [-0.4, -0.2) is 57.4 Å². The normalized spacial score (nSPS) is 23.8. The van der Waals surface area contributed by atoms with Gasteiger partial charge in [0.1, 0.15) is 6.42 Å².